The van der Waals surface area contributed by atoms with Crippen LogP contribution in [0, 0.1) is 6.92 Å². The predicted molar refractivity (Wildman–Crippen MR) is 82.4 cm³/mol. The van der Waals surface area contributed by atoms with Gasteiger partial charge in [-0.05, 0) is 31.2 Å². The molecule has 2 aromatic heterocycles. The zero-order valence-corrected chi connectivity index (χ0v) is 12.5. The lowest BCUT2D eigenvalue weighted by Crippen LogP contribution is -2.19. The zero-order chi connectivity index (χ0) is 15.9. The van der Waals surface area contributed by atoms with Crippen molar-refractivity contribution in [1.29, 1.82) is 0 Å². The lowest BCUT2D eigenvalue weighted by atomic mass is 10.2. The quantitative estimate of drug-likeness (QED) is 0.677. The molecule has 0 radical (unpaired) electrons. The first-order chi connectivity index (χ1) is 10.5. The van der Waals surface area contributed by atoms with Gasteiger partial charge in [-0.15, -0.1) is 0 Å². The summed E-state index contributed by atoms with van der Waals surface area (Å²) in [4.78, 5) is 23.7. The second-order valence-electron chi connectivity index (χ2n) is 5.03. The van der Waals surface area contributed by atoms with E-state index in [0.29, 0.717) is 0 Å². The summed E-state index contributed by atoms with van der Waals surface area (Å²) in [6.07, 6.45) is 1.57. The molecule has 0 saturated heterocycles. The first-order valence-corrected chi connectivity index (χ1v) is 6.76. The molecule has 6 nitrogen and oxygen atoms in total. The van der Waals surface area contributed by atoms with E-state index in [9.17, 15) is 9.59 Å². The van der Waals surface area contributed by atoms with Crippen molar-refractivity contribution < 1.29 is 9.53 Å². The molecular formula is C16H15N3O3. The molecule has 0 saturated carbocycles. The van der Waals surface area contributed by atoms with Gasteiger partial charge in [-0.1, -0.05) is 0 Å². The Kier molecular flexibility index (Phi) is 3.29. The highest BCUT2D eigenvalue weighted by Gasteiger charge is 2.10. The first-order valence-electron chi connectivity index (χ1n) is 6.76. The lowest BCUT2D eigenvalue weighted by Gasteiger charge is -2.07. The molecule has 3 rings (SSSR count). The number of rotatable bonds is 2. The Morgan fingerprint density at radius 3 is 2.68 bits per heavy atom. The number of ether oxygens (including phenoxy) is 1. The largest absolute Gasteiger partial charge is 0.465 e. The smallest absolute Gasteiger partial charge is 0.338 e. The number of pyridine rings is 1. The Morgan fingerprint density at radius 1 is 1.23 bits per heavy atom. The SMILES string of the molecule is COC(=O)c1ccn(-c2ccc3nn(C)c(C)c3c2)c(=O)c1. The fourth-order valence-electron chi connectivity index (χ4n) is 2.40. The van der Waals surface area contributed by atoms with Crippen LogP contribution < -0.4 is 5.56 Å². The molecule has 112 valence electrons. The molecule has 2 heterocycles. The van der Waals surface area contributed by atoms with Gasteiger partial charge in [-0.3, -0.25) is 14.0 Å². The number of methoxy groups -OCH3 is 1. The normalized spacial score (nSPS) is 10.9. The first kappa shape index (κ1) is 14.1. The van der Waals surface area contributed by atoms with Crippen molar-refractivity contribution in [3.05, 3.63) is 58.1 Å². The van der Waals surface area contributed by atoms with Crippen LogP contribution in [0.25, 0.3) is 16.6 Å². The van der Waals surface area contributed by atoms with E-state index in [4.69, 9.17) is 0 Å². The fourth-order valence-corrected chi connectivity index (χ4v) is 2.40. The van der Waals surface area contributed by atoms with Crippen LogP contribution in [0.4, 0.5) is 0 Å². The molecule has 0 atom stereocenters. The van der Waals surface area contributed by atoms with Gasteiger partial charge in [0.2, 0.25) is 0 Å². The topological polar surface area (TPSA) is 66.1 Å². The minimum absolute atomic E-state index is 0.238. The van der Waals surface area contributed by atoms with Crippen LogP contribution in [0.1, 0.15) is 16.1 Å². The van der Waals surface area contributed by atoms with E-state index in [1.807, 2.05) is 32.2 Å². The Bertz CT molecular complexity index is 937. The number of carbonyl (C=O) groups is 1. The average Bonchev–Trinajstić information content (AvgIpc) is 2.81. The van der Waals surface area contributed by atoms with Crippen LogP contribution in [-0.2, 0) is 11.8 Å². The van der Waals surface area contributed by atoms with E-state index in [2.05, 4.69) is 9.84 Å². The van der Waals surface area contributed by atoms with E-state index in [-0.39, 0.29) is 11.1 Å². The van der Waals surface area contributed by atoms with Crippen molar-refractivity contribution in [1.82, 2.24) is 14.3 Å². The maximum Gasteiger partial charge on any atom is 0.338 e. The second-order valence-corrected chi connectivity index (χ2v) is 5.03. The minimum atomic E-state index is -0.525. The molecular weight excluding hydrogens is 282 g/mol. The van der Waals surface area contributed by atoms with Crippen molar-refractivity contribution in [2.75, 3.05) is 7.11 Å². The average molecular weight is 297 g/mol. The van der Waals surface area contributed by atoms with Gasteiger partial charge in [-0.25, -0.2) is 4.79 Å². The van der Waals surface area contributed by atoms with Gasteiger partial charge in [0, 0.05) is 36.1 Å². The van der Waals surface area contributed by atoms with Gasteiger partial charge in [0.25, 0.3) is 5.56 Å². The van der Waals surface area contributed by atoms with E-state index >= 15 is 0 Å². The maximum atomic E-state index is 12.2. The molecule has 0 aliphatic rings. The molecule has 0 unspecified atom stereocenters. The van der Waals surface area contributed by atoms with Crippen molar-refractivity contribution >= 4 is 16.9 Å². The summed E-state index contributed by atoms with van der Waals surface area (Å²) in [7, 11) is 3.17. The predicted octanol–water partition coefficient (Wildman–Crippen LogP) is 1.82. The molecule has 3 aromatic rings. The van der Waals surface area contributed by atoms with Gasteiger partial charge in [-0.2, -0.15) is 5.10 Å². The fraction of sp³-hybridized carbons (Fsp3) is 0.188. The molecule has 0 aliphatic heterocycles. The number of nitrogens with zero attached hydrogens (tertiary/aromatic N) is 3. The summed E-state index contributed by atoms with van der Waals surface area (Å²) in [5, 5.41) is 5.38. The number of esters is 1. The molecule has 0 N–H and O–H groups in total. The molecule has 1 aromatic carbocycles. The van der Waals surface area contributed by atoms with Crippen LogP contribution in [0.3, 0.4) is 0 Å². The van der Waals surface area contributed by atoms with Crippen molar-refractivity contribution in [3.63, 3.8) is 0 Å². The molecule has 6 heteroatoms. The second kappa shape index (κ2) is 5.14. The summed E-state index contributed by atoms with van der Waals surface area (Å²) >= 11 is 0. The third-order valence-electron chi connectivity index (χ3n) is 3.73. The van der Waals surface area contributed by atoms with Gasteiger partial charge in [0.1, 0.15) is 0 Å². The third kappa shape index (κ3) is 2.18. The Hall–Kier alpha value is -2.89. The lowest BCUT2D eigenvalue weighted by molar-refractivity contribution is 0.0600. The standard InChI is InChI=1S/C16H15N3O3/c1-10-13-9-12(4-5-14(13)17-18(10)2)19-7-6-11(8-15(19)20)16(21)22-3/h4-9H,1-3H3. The Labute approximate surface area is 126 Å². The van der Waals surface area contributed by atoms with E-state index < -0.39 is 5.97 Å². The van der Waals surface area contributed by atoms with Gasteiger partial charge in [0.05, 0.1) is 18.2 Å². The number of benzene rings is 1. The van der Waals surface area contributed by atoms with Crippen molar-refractivity contribution in [3.8, 4) is 5.69 Å². The van der Waals surface area contributed by atoms with E-state index in [1.165, 1.54) is 17.7 Å². The maximum absolute atomic E-state index is 12.2. The van der Waals surface area contributed by atoms with Gasteiger partial charge in [0.15, 0.2) is 0 Å². The summed E-state index contributed by atoms with van der Waals surface area (Å²) in [6, 6.07) is 8.45. The van der Waals surface area contributed by atoms with E-state index in [0.717, 1.165) is 22.3 Å². The number of hydrogen-bond donors (Lipinski definition) is 0. The number of hydrogen-bond acceptors (Lipinski definition) is 4. The molecule has 0 aliphatic carbocycles. The number of carbonyl (C=O) groups excluding carboxylic acids is 1. The number of fused-ring (bicyclic) bond motifs is 1. The molecule has 22 heavy (non-hydrogen) atoms. The van der Waals surface area contributed by atoms with Crippen LogP contribution in [0.2, 0.25) is 0 Å². The number of aryl methyl sites for hydroxylation is 2. The summed E-state index contributed by atoms with van der Waals surface area (Å²) < 4.78 is 7.90. The van der Waals surface area contributed by atoms with Gasteiger partial charge < -0.3 is 4.74 Å². The summed E-state index contributed by atoms with van der Waals surface area (Å²) in [5.74, 6) is -0.525. The van der Waals surface area contributed by atoms with Crippen LogP contribution in [0.5, 0.6) is 0 Å². The highest BCUT2D eigenvalue weighted by Crippen LogP contribution is 2.20. The highest BCUT2D eigenvalue weighted by atomic mass is 16.5. The Morgan fingerprint density at radius 2 is 2.00 bits per heavy atom. The highest BCUT2D eigenvalue weighted by molar-refractivity contribution is 5.89. The molecule has 0 fully saturated rings. The molecule has 0 bridgehead atoms. The van der Waals surface area contributed by atoms with Crippen molar-refractivity contribution in [2.24, 2.45) is 7.05 Å². The molecule has 0 spiro atoms. The van der Waals surface area contributed by atoms with Crippen LogP contribution >= 0.6 is 0 Å². The molecule has 0 amide bonds. The monoisotopic (exact) mass is 297 g/mol. The van der Waals surface area contributed by atoms with Crippen LogP contribution in [0.15, 0.2) is 41.3 Å². The Balaban J connectivity index is 2.13. The zero-order valence-electron chi connectivity index (χ0n) is 12.5. The van der Waals surface area contributed by atoms with E-state index in [1.54, 1.807) is 16.9 Å². The third-order valence-corrected chi connectivity index (χ3v) is 3.73. The van der Waals surface area contributed by atoms with Gasteiger partial charge >= 0.3 is 5.97 Å². The minimum Gasteiger partial charge on any atom is -0.465 e. The number of aromatic nitrogens is 3. The van der Waals surface area contributed by atoms with Crippen molar-refractivity contribution in [2.45, 2.75) is 6.92 Å². The van der Waals surface area contributed by atoms with Crippen LogP contribution in [-0.4, -0.2) is 27.4 Å². The summed E-state index contributed by atoms with van der Waals surface area (Å²) in [5.41, 5.74) is 2.58. The summed E-state index contributed by atoms with van der Waals surface area (Å²) in [6.45, 7) is 1.97.